The number of nitrogens with zero attached hydrogens (tertiary/aromatic N) is 4. The molecule has 0 spiro atoms. The third-order valence-electron chi connectivity index (χ3n) is 5.30. The van der Waals surface area contributed by atoms with E-state index in [1.54, 1.807) is 18.4 Å². The maximum Gasteiger partial charge on any atom is 0.191 e. The molecular formula is C21H31ClN6S. The normalized spacial score (nSPS) is 15.6. The van der Waals surface area contributed by atoms with Crippen molar-refractivity contribution in [2.24, 2.45) is 4.99 Å². The standard InChI is InChI=1S/C21H31ClN6S/c1-15-16(2)29-20(26-15)8-9-24-21(23-3)25-14-17-18(22)6-5-7-19(17)28-12-10-27(4)11-13-28/h5-7H,8-14H2,1-4H3,(H2,23,24,25). The smallest absolute Gasteiger partial charge is 0.191 e. The molecule has 2 heterocycles. The van der Waals surface area contributed by atoms with E-state index in [1.165, 1.54) is 10.6 Å². The van der Waals surface area contributed by atoms with Crippen molar-refractivity contribution in [1.82, 2.24) is 20.5 Å². The number of aliphatic imine (C=N–C) groups is 1. The highest BCUT2D eigenvalue weighted by atomic mass is 35.5. The summed E-state index contributed by atoms with van der Waals surface area (Å²) in [5.74, 6) is 0.777. The predicted octanol–water partition coefficient (Wildman–Crippen LogP) is 3.07. The monoisotopic (exact) mass is 434 g/mol. The molecular weight excluding hydrogens is 404 g/mol. The molecule has 0 amide bonds. The van der Waals surface area contributed by atoms with Crippen molar-refractivity contribution >= 4 is 34.6 Å². The van der Waals surface area contributed by atoms with Crippen LogP contribution in [0.3, 0.4) is 0 Å². The van der Waals surface area contributed by atoms with Crippen LogP contribution >= 0.6 is 22.9 Å². The third kappa shape index (κ3) is 5.84. The first-order chi connectivity index (χ1) is 14.0. The molecule has 0 radical (unpaired) electrons. The van der Waals surface area contributed by atoms with E-state index in [1.807, 2.05) is 12.1 Å². The number of hydrogen-bond acceptors (Lipinski definition) is 5. The highest BCUT2D eigenvalue weighted by Crippen LogP contribution is 2.28. The first kappa shape index (κ1) is 21.9. The fourth-order valence-electron chi connectivity index (χ4n) is 3.39. The first-order valence-electron chi connectivity index (χ1n) is 10.1. The zero-order valence-corrected chi connectivity index (χ0v) is 19.3. The Hall–Kier alpha value is -1.83. The Morgan fingerprint density at radius 3 is 2.62 bits per heavy atom. The van der Waals surface area contributed by atoms with E-state index in [0.29, 0.717) is 6.54 Å². The summed E-state index contributed by atoms with van der Waals surface area (Å²) in [6, 6.07) is 6.16. The lowest BCUT2D eigenvalue weighted by molar-refractivity contribution is 0.312. The van der Waals surface area contributed by atoms with Crippen molar-refractivity contribution in [3.8, 4) is 0 Å². The molecule has 0 bridgehead atoms. The van der Waals surface area contributed by atoms with E-state index in [-0.39, 0.29) is 0 Å². The summed E-state index contributed by atoms with van der Waals surface area (Å²) in [5.41, 5.74) is 3.46. The Bertz CT molecular complexity index is 822. The van der Waals surface area contributed by atoms with Gasteiger partial charge in [0.1, 0.15) is 0 Å². The molecule has 0 unspecified atom stereocenters. The zero-order chi connectivity index (χ0) is 20.8. The number of halogens is 1. The van der Waals surface area contributed by atoms with Crippen molar-refractivity contribution < 1.29 is 0 Å². The van der Waals surface area contributed by atoms with Gasteiger partial charge < -0.3 is 20.4 Å². The van der Waals surface area contributed by atoms with E-state index < -0.39 is 0 Å². The van der Waals surface area contributed by atoms with Gasteiger partial charge in [0.2, 0.25) is 0 Å². The van der Waals surface area contributed by atoms with Crippen LogP contribution in [-0.2, 0) is 13.0 Å². The summed E-state index contributed by atoms with van der Waals surface area (Å²) in [6.45, 7) is 9.77. The summed E-state index contributed by atoms with van der Waals surface area (Å²) in [7, 11) is 3.96. The van der Waals surface area contributed by atoms with E-state index in [2.05, 4.69) is 57.4 Å². The lowest BCUT2D eigenvalue weighted by atomic mass is 10.1. The Morgan fingerprint density at radius 2 is 1.97 bits per heavy atom. The van der Waals surface area contributed by atoms with Gasteiger partial charge in [-0.05, 0) is 33.0 Å². The SMILES string of the molecule is CN=C(NCCc1nc(C)c(C)s1)NCc1c(Cl)cccc1N1CCN(C)CC1. The van der Waals surface area contributed by atoms with E-state index >= 15 is 0 Å². The van der Waals surface area contributed by atoms with Crippen LogP contribution in [0.2, 0.25) is 5.02 Å². The Morgan fingerprint density at radius 1 is 1.21 bits per heavy atom. The van der Waals surface area contributed by atoms with Gasteiger partial charge in [-0.25, -0.2) is 4.98 Å². The number of piperazine rings is 1. The molecule has 1 aliphatic rings. The molecule has 0 atom stereocenters. The van der Waals surface area contributed by atoms with Crippen molar-refractivity contribution in [1.29, 1.82) is 0 Å². The number of hydrogen-bond donors (Lipinski definition) is 2. The fourth-order valence-corrected chi connectivity index (χ4v) is 4.56. The summed E-state index contributed by atoms with van der Waals surface area (Å²) in [5, 5.41) is 8.75. The number of benzene rings is 1. The van der Waals surface area contributed by atoms with Crippen molar-refractivity contribution in [3.63, 3.8) is 0 Å². The molecule has 1 saturated heterocycles. The number of aryl methyl sites for hydroxylation is 2. The number of nitrogens with one attached hydrogen (secondary N) is 2. The molecule has 158 valence electrons. The van der Waals surface area contributed by atoms with E-state index in [9.17, 15) is 0 Å². The minimum Gasteiger partial charge on any atom is -0.369 e. The number of thiazole rings is 1. The maximum atomic E-state index is 6.56. The predicted molar refractivity (Wildman–Crippen MR) is 125 cm³/mol. The molecule has 8 heteroatoms. The topological polar surface area (TPSA) is 55.8 Å². The van der Waals surface area contributed by atoms with Crippen LogP contribution in [0.25, 0.3) is 0 Å². The molecule has 6 nitrogen and oxygen atoms in total. The molecule has 1 aromatic heterocycles. The fraction of sp³-hybridized carbons (Fsp3) is 0.524. The van der Waals surface area contributed by atoms with Crippen molar-refractivity contribution in [3.05, 3.63) is 44.4 Å². The van der Waals surface area contributed by atoms with Crippen LogP contribution in [0, 0.1) is 13.8 Å². The molecule has 1 aromatic carbocycles. The number of anilines is 1. The summed E-state index contributed by atoms with van der Waals surface area (Å²) < 4.78 is 0. The third-order valence-corrected chi connectivity index (χ3v) is 6.79. The minimum atomic E-state index is 0.635. The molecule has 1 aliphatic heterocycles. The van der Waals surface area contributed by atoms with Crippen LogP contribution in [0.5, 0.6) is 0 Å². The summed E-state index contributed by atoms with van der Waals surface area (Å²) in [6.07, 6.45) is 0.888. The molecule has 0 aliphatic carbocycles. The molecule has 2 N–H and O–H groups in total. The number of aromatic nitrogens is 1. The largest absolute Gasteiger partial charge is 0.369 e. The quantitative estimate of drug-likeness (QED) is 0.540. The van der Waals surface area contributed by atoms with Gasteiger partial charge in [-0.15, -0.1) is 11.3 Å². The molecule has 2 aromatic rings. The van der Waals surface area contributed by atoms with E-state index in [0.717, 1.165) is 66.4 Å². The Balaban J connectivity index is 1.57. The van der Waals surface area contributed by atoms with Gasteiger partial charge in [-0.3, -0.25) is 4.99 Å². The van der Waals surface area contributed by atoms with Gasteiger partial charge in [0.15, 0.2) is 5.96 Å². The van der Waals surface area contributed by atoms with Crippen molar-refractivity contribution in [2.45, 2.75) is 26.8 Å². The van der Waals surface area contributed by atoms with Gasteiger partial charge in [-0.2, -0.15) is 0 Å². The maximum absolute atomic E-state index is 6.56. The average Bonchev–Trinajstić information content (AvgIpc) is 3.03. The van der Waals surface area contributed by atoms with E-state index in [4.69, 9.17) is 11.6 Å². The van der Waals surface area contributed by atoms with Crippen LogP contribution in [0.1, 0.15) is 21.1 Å². The lowest BCUT2D eigenvalue weighted by Crippen LogP contribution is -2.45. The van der Waals surface area contributed by atoms with Crippen LogP contribution in [-0.4, -0.2) is 62.7 Å². The lowest BCUT2D eigenvalue weighted by Gasteiger charge is -2.35. The Labute approximate surface area is 183 Å². The molecule has 1 fully saturated rings. The molecule has 0 saturated carbocycles. The first-order valence-corrected chi connectivity index (χ1v) is 11.3. The van der Waals surface area contributed by atoms with Gasteiger partial charge in [0.05, 0.1) is 10.7 Å². The number of likely N-dealkylation sites (N-methyl/N-ethyl adjacent to an activating group) is 1. The van der Waals surface area contributed by atoms with Crippen LogP contribution < -0.4 is 15.5 Å². The highest BCUT2D eigenvalue weighted by molar-refractivity contribution is 7.11. The molecule has 29 heavy (non-hydrogen) atoms. The van der Waals surface area contributed by atoms with Crippen LogP contribution in [0.15, 0.2) is 23.2 Å². The summed E-state index contributed by atoms with van der Waals surface area (Å²) >= 11 is 8.33. The summed E-state index contributed by atoms with van der Waals surface area (Å²) in [4.78, 5) is 15.0. The Kier molecular flexibility index (Phi) is 7.75. The van der Waals surface area contributed by atoms with Gasteiger partial charge in [0, 0.05) is 73.9 Å². The zero-order valence-electron chi connectivity index (χ0n) is 17.8. The van der Waals surface area contributed by atoms with Gasteiger partial charge >= 0.3 is 0 Å². The second-order valence-corrected chi connectivity index (χ2v) is 9.07. The van der Waals surface area contributed by atoms with Gasteiger partial charge in [0.25, 0.3) is 0 Å². The van der Waals surface area contributed by atoms with Crippen LogP contribution in [0.4, 0.5) is 5.69 Å². The average molecular weight is 435 g/mol. The second-order valence-electron chi connectivity index (χ2n) is 7.38. The minimum absolute atomic E-state index is 0.635. The number of guanidine groups is 1. The second kappa shape index (κ2) is 10.3. The highest BCUT2D eigenvalue weighted by Gasteiger charge is 2.18. The molecule has 3 rings (SSSR count). The number of rotatable bonds is 6. The van der Waals surface area contributed by atoms with Crippen molar-refractivity contribution in [2.75, 3.05) is 51.7 Å². The van der Waals surface area contributed by atoms with Gasteiger partial charge in [-0.1, -0.05) is 17.7 Å².